The van der Waals surface area contributed by atoms with Crippen molar-refractivity contribution in [3.8, 4) is 10.8 Å². The molecular weight excluding hydrogens is 776 g/mol. The molecule has 1 amide bonds. The van der Waals surface area contributed by atoms with Gasteiger partial charge < -0.3 is 19.2 Å². The summed E-state index contributed by atoms with van der Waals surface area (Å²) in [5.74, 6) is -0.187. The minimum absolute atomic E-state index is 0.0610. The van der Waals surface area contributed by atoms with Gasteiger partial charge in [-0.2, -0.15) is 10.2 Å². The summed E-state index contributed by atoms with van der Waals surface area (Å²) in [5, 5.41) is 10.8. The summed E-state index contributed by atoms with van der Waals surface area (Å²) in [4.78, 5) is 58.2. The number of likely N-dealkylation sites (N-methyl/N-ethyl adjacent to an activating group) is 1. The monoisotopic (exact) mass is 824 g/mol. The normalized spacial score (nSPS) is 16.9. The number of piperidine rings is 1. The van der Waals surface area contributed by atoms with Crippen LogP contribution in [0, 0.1) is 12.7 Å². The predicted molar refractivity (Wildman–Crippen MR) is 226 cm³/mol. The summed E-state index contributed by atoms with van der Waals surface area (Å²) in [6, 6.07) is 23.8. The molecule has 1 N–H and O–H groups in total. The van der Waals surface area contributed by atoms with Gasteiger partial charge in [-0.15, -0.1) is 4.80 Å². The highest BCUT2D eigenvalue weighted by Gasteiger charge is 2.49. The molecule has 7 rings (SSSR count). The minimum Gasteiger partial charge on any atom is -0.496 e. The highest BCUT2D eigenvalue weighted by molar-refractivity contribution is 7.21. The maximum absolute atomic E-state index is 15.1. The van der Waals surface area contributed by atoms with E-state index in [2.05, 4.69) is 24.0 Å². The Hall–Kier alpha value is -5.22. The molecular formula is C43H49FN6O6SSi. The standard InChI is InChI=1S/C43H49FN6O6SSi/c1-29-37-38(52)49(43(4)22-20-36(51)47(5)28-43)41(53)48(40(37)57-39(29)50-45-23-24-46-50)27-35(33-26-30(44)18-19-34(33)55-6)56-25-13-21-42(2,3)58(54,31-14-9-7-10-15-31)32-16-11-8-12-17-32/h7-12,14-19,23-24,26,35,54H,13,20-22,25,27-28H2,1-6H3/t35-,43+/m0/s1. The summed E-state index contributed by atoms with van der Waals surface area (Å²) in [6.07, 6.45) is 3.77. The summed E-state index contributed by atoms with van der Waals surface area (Å²) in [5.41, 5.74) is -1.05. The van der Waals surface area contributed by atoms with Crippen molar-refractivity contribution in [1.29, 1.82) is 0 Å². The first kappa shape index (κ1) is 41.0. The number of hydrogen-bond donors (Lipinski definition) is 1. The fourth-order valence-electron chi connectivity index (χ4n) is 8.50. The molecule has 0 radical (unpaired) electrons. The highest BCUT2D eigenvalue weighted by atomic mass is 32.1. The van der Waals surface area contributed by atoms with Gasteiger partial charge in [0.05, 0.1) is 37.0 Å². The summed E-state index contributed by atoms with van der Waals surface area (Å²) in [6.45, 7) is 8.09. The number of thiophene rings is 1. The number of fused-ring (bicyclic) bond motifs is 1. The van der Waals surface area contributed by atoms with Gasteiger partial charge in [0.15, 0.2) is 0 Å². The molecule has 6 aromatic rings. The molecule has 1 aliphatic rings. The number of carbonyl (C=O) groups excluding carboxylic acids is 1. The number of likely N-dealkylation sites (tertiary alicyclic amines) is 1. The molecule has 0 bridgehead atoms. The molecule has 1 fully saturated rings. The van der Waals surface area contributed by atoms with E-state index in [-0.39, 0.29) is 32.0 Å². The van der Waals surface area contributed by atoms with Gasteiger partial charge >= 0.3 is 5.69 Å². The van der Waals surface area contributed by atoms with Gasteiger partial charge in [0, 0.05) is 37.7 Å². The molecule has 58 heavy (non-hydrogen) atoms. The SMILES string of the molecule is COc1ccc(F)cc1[C@H](Cn1c(=O)n([C@]2(C)CCC(=O)N(C)C2)c(=O)c2c(C)c(-n3nccn3)sc21)OCCCC(C)(C)[Si](O)(c1ccccc1)c1ccccc1. The fraction of sp³-hybridized carbons (Fsp3) is 0.372. The van der Waals surface area contributed by atoms with E-state index in [1.807, 2.05) is 67.6 Å². The second-order valence-electron chi connectivity index (χ2n) is 16.0. The third kappa shape index (κ3) is 7.36. The van der Waals surface area contributed by atoms with Crippen molar-refractivity contribution in [2.45, 2.75) is 76.6 Å². The van der Waals surface area contributed by atoms with Crippen molar-refractivity contribution < 1.29 is 23.5 Å². The Bertz CT molecular complexity index is 2500. The van der Waals surface area contributed by atoms with Gasteiger partial charge in [0.25, 0.3) is 13.9 Å². The van der Waals surface area contributed by atoms with Gasteiger partial charge in [0.1, 0.15) is 27.5 Å². The largest absolute Gasteiger partial charge is 0.496 e. The number of nitrogens with zero attached hydrogens (tertiary/aromatic N) is 6. The third-order valence-corrected chi connectivity index (χ3v) is 17.6. The number of hydrogen-bond acceptors (Lipinski definition) is 9. The van der Waals surface area contributed by atoms with Crippen LogP contribution in [-0.4, -0.2) is 75.4 Å². The summed E-state index contributed by atoms with van der Waals surface area (Å²) < 4.78 is 30.3. The molecule has 12 nitrogen and oxygen atoms in total. The molecule has 304 valence electrons. The average Bonchev–Trinajstić information content (AvgIpc) is 3.87. The van der Waals surface area contributed by atoms with Gasteiger partial charge in [-0.1, -0.05) is 85.8 Å². The number of benzene rings is 3. The first-order valence-corrected chi connectivity index (χ1v) is 22.1. The molecule has 3 aromatic heterocycles. The summed E-state index contributed by atoms with van der Waals surface area (Å²) >= 11 is 1.21. The van der Waals surface area contributed by atoms with Crippen molar-refractivity contribution >= 4 is 46.2 Å². The van der Waals surface area contributed by atoms with Crippen molar-refractivity contribution in [3.05, 3.63) is 129 Å². The Morgan fingerprint density at radius 1 is 1.00 bits per heavy atom. The van der Waals surface area contributed by atoms with E-state index >= 15 is 4.39 Å². The molecule has 0 spiro atoms. The Kier molecular flexibility index (Phi) is 11.4. The van der Waals surface area contributed by atoms with Gasteiger partial charge in [-0.25, -0.2) is 9.18 Å². The zero-order valence-electron chi connectivity index (χ0n) is 33.6. The second kappa shape index (κ2) is 16.2. The maximum atomic E-state index is 15.1. The van der Waals surface area contributed by atoms with Crippen LogP contribution in [0.2, 0.25) is 5.04 Å². The fourth-order valence-corrected chi connectivity index (χ4v) is 13.5. The smallest absolute Gasteiger partial charge is 0.332 e. The molecule has 2 atom stereocenters. The van der Waals surface area contributed by atoms with Crippen LogP contribution in [0.25, 0.3) is 15.2 Å². The van der Waals surface area contributed by atoms with E-state index in [0.717, 1.165) is 10.4 Å². The van der Waals surface area contributed by atoms with Gasteiger partial charge in [-0.05, 0) is 66.7 Å². The van der Waals surface area contributed by atoms with Crippen LogP contribution in [0.3, 0.4) is 0 Å². The third-order valence-electron chi connectivity index (χ3n) is 11.7. The first-order chi connectivity index (χ1) is 27.7. The lowest BCUT2D eigenvalue weighted by Gasteiger charge is -2.41. The zero-order valence-corrected chi connectivity index (χ0v) is 35.5. The van der Waals surface area contributed by atoms with E-state index in [4.69, 9.17) is 9.47 Å². The average molecular weight is 825 g/mol. The molecule has 0 aliphatic carbocycles. The molecule has 1 aliphatic heterocycles. The Morgan fingerprint density at radius 2 is 1.64 bits per heavy atom. The number of aryl methyl sites for hydroxylation is 1. The van der Waals surface area contributed by atoms with E-state index in [9.17, 15) is 19.2 Å². The number of aromatic nitrogens is 5. The Morgan fingerprint density at radius 3 is 2.24 bits per heavy atom. The van der Waals surface area contributed by atoms with Crippen LogP contribution in [0.15, 0.2) is 101 Å². The molecule has 1 saturated heterocycles. The quantitative estimate of drug-likeness (QED) is 0.116. The second-order valence-corrected chi connectivity index (χ2v) is 20.9. The predicted octanol–water partition coefficient (Wildman–Crippen LogP) is 5.30. The lowest BCUT2D eigenvalue weighted by molar-refractivity contribution is -0.135. The zero-order chi connectivity index (χ0) is 41.4. The first-order valence-electron chi connectivity index (χ1n) is 19.4. The van der Waals surface area contributed by atoms with E-state index in [1.165, 1.54) is 63.0 Å². The van der Waals surface area contributed by atoms with Crippen molar-refractivity contribution in [2.24, 2.45) is 0 Å². The maximum Gasteiger partial charge on any atom is 0.332 e. The molecule has 0 unspecified atom stereocenters. The number of methoxy groups -OCH3 is 1. The Labute approximate surface area is 341 Å². The Balaban J connectivity index is 1.29. The number of ether oxygens (including phenoxy) is 2. The van der Waals surface area contributed by atoms with Crippen molar-refractivity contribution in [2.75, 3.05) is 27.3 Å². The molecule has 0 saturated carbocycles. The van der Waals surface area contributed by atoms with E-state index in [0.29, 0.717) is 51.4 Å². The highest BCUT2D eigenvalue weighted by Crippen LogP contribution is 2.41. The lowest BCUT2D eigenvalue weighted by atomic mass is 9.90. The number of halogens is 1. The van der Waals surface area contributed by atoms with Crippen LogP contribution >= 0.6 is 11.3 Å². The van der Waals surface area contributed by atoms with Crippen LogP contribution < -0.4 is 26.4 Å². The molecule has 15 heteroatoms. The number of carbonyl (C=O) groups is 1. The van der Waals surface area contributed by atoms with Crippen molar-refractivity contribution in [1.82, 2.24) is 29.0 Å². The lowest BCUT2D eigenvalue weighted by Crippen LogP contribution is -2.65. The van der Waals surface area contributed by atoms with Crippen LogP contribution in [0.1, 0.15) is 63.7 Å². The molecule has 4 heterocycles. The topological polar surface area (TPSA) is 134 Å². The molecule has 3 aromatic carbocycles. The van der Waals surface area contributed by atoms with Gasteiger partial charge in [-0.3, -0.25) is 18.7 Å². The number of amides is 1. The van der Waals surface area contributed by atoms with Crippen LogP contribution in [0.4, 0.5) is 4.39 Å². The minimum atomic E-state index is -3.30. The number of rotatable bonds is 14. The van der Waals surface area contributed by atoms with E-state index < -0.39 is 42.1 Å². The van der Waals surface area contributed by atoms with Crippen LogP contribution in [0.5, 0.6) is 5.75 Å². The van der Waals surface area contributed by atoms with E-state index in [1.54, 1.807) is 18.9 Å². The van der Waals surface area contributed by atoms with Crippen LogP contribution in [-0.2, 0) is 21.6 Å². The summed E-state index contributed by atoms with van der Waals surface area (Å²) in [7, 11) is -0.137. The van der Waals surface area contributed by atoms with Gasteiger partial charge in [0.2, 0.25) is 5.91 Å². The van der Waals surface area contributed by atoms with Crippen molar-refractivity contribution in [3.63, 3.8) is 0 Å².